The van der Waals surface area contributed by atoms with Crippen LogP contribution in [0.3, 0.4) is 0 Å². The first-order valence-corrected chi connectivity index (χ1v) is 8.63. The molecule has 4 unspecified atom stereocenters. The number of likely N-dealkylation sites (N-methyl/N-ethyl adjacent to an activating group) is 1. The molecule has 1 aromatic carbocycles. The second-order valence-electron chi connectivity index (χ2n) is 6.66. The summed E-state index contributed by atoms with van der Waals surface area (Å²) in [4.78, 5) is 2.51. The first-order valence-electron chi connectivity index (χ1n) is 8.26. The van der Waals surface area contributed by atoms with Gasteiger partial charge in [0.15, 0.2) is 0 Å². The monoisotopic (exact) mass is 308 g/mol. The van der Waals surface area contributed by atoms with Crippen LogP contribution in [-0.4, -0.2) is 24.0 Å². The Kier molecular flexibility index (Phi) is 6.09. The van der Waals surface area contributed by atoms with Gasteiger partial charge in [0.1, 0.15) is 0 Å². The Morgan fingerprint density at radius 1 is 1.38 bits per heavy atom. The third-order valence-electron chi connectivity index (χ3n) is 4.99. The van der Waals surface area contributed by atoms with Crippen LogP contribution in [0.4, 0.5) is 0 Å². The SMILES string of the molecule is CCC(N)C(c1cccc(Cl)c1)N(C)C1CCCC(C)C1. The molecule has 1 aliphatic carbocycles. The van der Waals surface area contributed by atoms with Crippen molar-refractivity contribution in [3.8, 4) is 0 Å². The van der Waals surface area contributed by atoms with Crippen molar-refractivity contribution in [3.63, 3.8) is 0 Å². The van der Waals surface area contributed by atoms with Crippen LogP contribution in [0.2, 0.25) is 5.02 Å². The minimum atomic E-state index is 0.144. The summed E-state index contributed by atoms with van der Waals surface area (Å²) < 4.78 is 0. The van der Waals surface area contributed by atoms with Gasteiger partial charge >= 0.3 is 0 Å². The zero-order chi connectivity index (χ0) is 15.4. The number of hydrogen-bond donors (Lipinski definition) is 1. The zero-order valence-electron chi connectivity index (χ0n) is 13.6. The lowest BCUT2D eigenvalue weighted by Gasteiger charge is -2.41. The van der Waals surface area contributed by atoms with Gasteiger partial charge in [-0.1, -0.05) is 50.4 Å². The molecule has 0 amide bonds. The highest BCUT2D eigenvalue weighted by molar-refractivity contribution is 6.30. The van der Waals surface area contributed by atoms with E-state index in [9.17, 15) is 0 Å². The fraction of sp³-hybridized carbons (Fsp3) is 0.667. The predicted octanol–water partition coefficient (Wildman–Crippen LogP) is 4.63. The largest absolute Gasteiger partial charge is 0.326 e. The maximum absolute atomic E-state index is 6.46. The van der Waals surface area contributed by atoms with Crippen LogP contribution in [0.5, 0.6) is 0 Å². The van der Waals surface area contributed by atoms with Crippen LogP contribution >= 0.6 is 11.6 Å². The maximum atomic E-state index is 6.46. The molecule has 2 nitrogen and oxygen atoms in total. The Hall–Kier alpha value is -0.570. The summed E-state index contributed by atoms with van der Waals surface area (Å²) in [5.41, 5.74) is 7.70. The van der Waals surface area contributed by atoms with Crippen molar-refractivity contribution in [2.24, 2.45) is 11.7 Å². The zero-order valence-corrected chi connectivity index (χ0v) is 14.3. The number of hydrogen-bond acceptors (Lipinski definition) is 2. The van der Waals surface area contributed by atoms with Crippen LogP contribution in [0.15, 0.2) is 24.3 Å². The van der Waals surface area contributed by atoms with Gasteiger partial charge in [-0.2, -0.15) is 0 Å². The fourth-order valence-corrected chi connectivity index (χ4v) is 3.90. The van der Waals surface area contributed by atoms with Gasteiger partial charge in [0.05, 0.1) is 0 Å². The molecule has 2 rings (SSSR count). The van der Waals surface area contributed by atoms with Gasteiger partial charge in [0.2, 0.25) is 0 Å². The van der Waals surface area contributed by atoms with E-state index in [1.165, 1.54) is 31.2 Å². The molecule has 0 heterocycles. The lowest BCUT2D eigenvalue weighted by atomic mass is 9.84. The molecule has 1 saturated carbocycles. The molecule has 0 aromatic heterocycles. The molecular weight excluding hydrogens is 280 g/mol. The summed E-state index contributed by atoms with van der Waals surface area (Å²) in [5.74, 6) is 0.823. The minimum Gasteiger partial charge on any atom is -0.326 e. The van der Waals surface area contributed by atoms with Gasteiger partial charge in [-0.25, -0.2) is 0 Å². The molecule has 1 aromatic rings. The molecule has 0 saturated heterocycles. The minimum absolute atomic E-state index is 0.144. The van der Waals surface area contributed by atoms with Crippen molar-refractivity contribution in [2.45, 2.75) is 64.1 Å². The molecule has 1 aliphatic rings. The van der Waals surface area contributed by atoms with Gasteiger partial charge in [-0.3, -0.25) is 4.90 Å². The highest BCUT2D eigenvalue weighted by Gasteiger charge is 2.30. The van der Waals surface area contributed by atoms with Crippen molar-refractivity contribution in [1.29, 1.82) is 0 Å². The first kappa shape index (κ1) is 16.8. The molecule has 0 bridgehead atoms. The third kappa shape index (κ3) is 4.21. The normalized spacial score (nSPS) is 25.8. The van der Waals surface area contributed by atoms with Gasteiger partial charge in [-0.15, -0.1) is 0 Å². The summed E-state index contributed by atoms with van der Waals surface area (Å²) >= 11 is 6.19. The first-order chi connectivity index (χ1) is 10.0. The Morgan fingerprint density at radius 2 is 2.14 bits per heavy atom. The predicted molar refractivity (Wildman–Crippen MR) is 91.6 cm³/mol. The Balaban J connectivity index is 2.23. The van der Waals surface area contributed by atoms with Gasteiger partial charge in [-0.05, 0) is 49.9 Å². The van der Waals surface area contributed by atoms with Gasteiger partial charge in [0, 0.05) is 23.1 Å². The van der Waals surface area contributed by atoms with E-state index in [2.05, 4.69) is 37.9 Å². The lowest BCUT2D eigenvalue weighted by molar-refractivity contribution is 0.102. The Labute approximate surface area is 134 Å². The van der Waals surface area contributed by atoms with E-state index in [4.69, 9.17) is 17.3 Å². The van der Waals surface area contributed by atoms with Crippen molar-refractivity contribution >= 4 is 11.6 Å². The van der Waals surface area contributed by atoms with Crippen LogP contribution in [0, 0.1) is 5.92 Å². The Morgan fingerprint density at radius 3 is 2.76 bits per heavy atom. The molecule has 21 heavy (non-hydrogen) atoms. The standard InChI is InChI=1S/C18H29ClN2/c1-4-17(20)18(14-8-6-9-15(19)12-14)21(3)16-10-5-7-13(2)11-16/h6,8-9,12-13,16-18H,4-5,7,10-11,20H2,1-3H3. The number of nitrogens with two attached hydrogens (primary N) is 1. The molecule has 2 N–H and O–H groups in total. The number of rotatable bonds is 5. The molecule has 118 valence electrons. The highest BCUT2D eigenvalue weighted by atomic mass is 35.5. The molecular formula is C18H29ClN2. The summed E-state index contributed by atoms with van der Waals surface area (Å²) in [5, 5.41) is 0.797. The lowest BCUT2D eigenvalue weighted by Crippen LogP contribution is -2.45. The second-order valence-corrected chi connectivity index (χ2v) is 7.10. The topological polar surface area (TPSA) is 29.3 Å². The van der Waals surface area contributed by atoms with Crippen LogP contribution in [-0.2, 0) is 0 Å². The van der Waals surface area contributed by atoms with Crippen molar-refractivity contribution < 1.29 is 0 Å². The quantitative estimate of drug-likeness (QED) is 0.859. The highest BCUT2D eigenvalue weighted by Crippen LogP contribution is 2.34. The van der Waals surface area contributed by atoms with Crippen LogP contribution in [0.25, 0.3) is 0 Å². The van der Waals surface area contributed by atoms with E-state index in [-0.39, 0.29) is 12.1 Å². The van der Waals surface area contributed by atoms with Crippen molar-refractivity contribution in [3.05, 3.63) is 34.9 Å². The van der Waals surface area contributed by atoms with Crippen molar-refractivity contribution in [2.75, 3.05) is 7.05 Å². The van der Waals surface area contributed by atoms with Crippen molar-refractivity contribution in [1.82, 2.24) is 4.90 Å². The van der Waals surface area contributed by atoms with E-state index in [1.54, 1.807) is 0 Å². The van der Waals surface area contributed by atoms with E-state index in [0.29, 0.717) is 6.04 Å². The molecule has 4 atom stereocenters. The summed E-state index contributed by atoms with van der Waals surface area (Å²) in [7, 11) is 2.24. The summed E-state index contributed by atoms with van der Waals surface area (Å²) in [6, 6.07) is 9.23. The van der Waals surface area contributed by atoms with Crippen LogP contribution in [0.1, 0.15) is 57.6 Å². The average molecular weight is 309 g/mol. The van der Waals surface area contributed by atoms with E-state index in [0.717, 1.165) is 17.4 Å². The van der Waals surface area contributed by atoms with Crippen LogP contribution < -0.4 is 5.73 Å². The average Bonchev–Trinajstić information content (AvgIpc) is 2.47. The molecule has 0 aliphatic heterocycles. The molecule has 0 spiro atoms. The van der Waals surface area contributed by atoms with E-state index >= 15 is 0 Å². The van der Waals surface area contributed by atoms with Gasteiger partial charge < -0.3 is 5.73 Å². The maximum Gasteiger partial charge on any atom is 0.0499 e. The Bertz CT molecular complexity index is 449. The van der Waals surface area contributed by atoms with Gasteiger partial charge in [0.25, 0.3) is 0 Å². The molecule has 3 heteroatoms. The number of nitrogens with zero attached hydrogens (tertiary/aromatic N) is 1. The molecule has 0 radical (unpaired) electrons. The van der Waals surface area contributed by atoms with E-state index in [1.807, 2.05) is 12.1 Å². The second kappa shape index (κ2) is 7.62. The van der Waals surface area contributed by atoms with E-state index < -0.39 is 0 Å². The molecule has 1 fully saturated rings. The fourth-order valence-electron chi connectivity index (χ4n) is 3.70. The third-order valence-corrected chi connectivity index (χ3v) is 5.23. The number of halogens is 1. The summed E-state index contributed by atoms with van der Waals surface area (Å²) in [6.07, 6.45) is 6.24. The smallest absolute Gasteiger partial charge is 0.0499 e. The number of benzene rings is 1. The summed E-state index contributed by atoms with van der Waals surface area (Å²) in [6.45, 7) is 4.54.